The zero-order valence-electron chi connectivity index (χ0n) is 20.2. The first kappa shape index (κ1) is 22.4. The van der Waals surface area contributed by atoms with Crippen molar-refractivity contribution in [2.75, 3.05) is 38.9 Å². The van der Waals surface area contributed by atoms with Crippen molar-refractivity contribution in [3.8, 4) is 11.1 Å². The van der Waals surface area contributed by atoms with E-state index in [0.29, 0.717) is 31.2 Å². The molecule has 0 aromatic carbocycles. The summed E-state index contributed by atoms with van der Waals surface area (Å²) in [5, 5.41) is 8.11. The van der Waals surface area contributed by atoms with Crippen molar-refractivity contribution in [2.24, 2.45) is 0 Å². The van der Waals surface area contributed by atoms with Crippen molar-refractivity contribution in [1.29, 1.82) is 0 Å². The van der Waals surface area contributed by atoms with Crippen molar-refractivity contribution in [2.45, 2.75) is 50.8 Å². The number of nitrogens with zero attached hydrogens (tertiary/aromatic N) is 6. The molecule has 5 heterocycles. The summed E-state index contributed by atoms with van der Waals surface area (Å²) in [7, 11) is 1.69. The molecule has 0 unspecified atom stereocenters. The fraction of sp³-hybridized carbons (Fsp3) is 0.520. The smallest absolute Gasteiger partial charge is 0.241 e. The first-order valence-electron chi connectivity index (χ1n) is 12.3. The van der Waals surface area contributed by atoms with Gasteiger partial charge in [-0.05, 0) is 44.7 Å². The van der Waals surface area contributed by atoms with Gasteiger partial charge in [-0.25, -0.2) is 19.5 Å². The van der Waals surface area contributed by atoms with Crippen molar-refractivity contribution < 1.29 is 14.2 Å². The lowest BCUT2D eigenvalue weighted by Gasteiger charge is -2.35. The van der Waals surface area contributed by atoms with Crippen LogP contribution in [0.4, 0.5) is 5.95 Å². The number of hydrogen-bond acceptors (Lipinski definition) is 8. The molecule has 0 bridgehead atoms. The van der Waals surface area contributed by atoms with Crippen molar-refractivity contribution in [3.05, 3.63) is 36.5 Å². The lowest BCUT2D eigenvalue weighted by molar-refractivity contribution is -0.0261. The van der Waals surface area contributed by atoms with Crippen molar-refractivity contribution in [3.63, 3.8) is 0 Å². The Kier molecular flexibility index (Phi) is 6.09. The SMILES string of the molecule is COCCO[C@H]1C[C@@H](Nc2ncc3c(-c4cnc5nc(C)n(C6CCOCC6)c5c4)ccn3n2)C1. The quantitative estimate of drug-likeness (QED) is 0.386. The summed E-state index contributed by atoms with van der Waals surface area (Å²) in [6.07, 6.45) is 9.92. The maximum Gasteiger partial charge on any atom is 0.241 e. The van der Waals surface area contributed by atoms with Crippen LogP contribution in [0.25, 0.3) is 27.8 Å². The first-order chi connectivity index (χ1) is 17.2. The fourth-order valence-corrected chi connectivity index (χ4v) is 5.15. The Labute approximate surface area is 203 Å². The van der Waals surface area contributed by atoms with E-state index in [4.69, 9.17) is 19.2 Å². The van der Waals surface area contributed by atoms with E-state index >= 15 is 0 Å². The highest BCUT2D eigenvalue weighted by Crippen LogP contribution is 2.32. The molecule has 0 radical (unpaired) electrons. The number of hydrogen-bond donors (Lipinski definition) is 1. The van der Waals surface area contributed by atoms with Gasteiger partial charge in [0.05, 0.1) is 36.5 Å². The van der Waals surface area contributed by atoms with Gasteiger partial charge in [-0.1, -0.05) is 0 Å². The number of ether oxygens (including phenoxy) is 3. The van der Waals surface area contributed by atoms with Gasteiger partial charge in [0.2, 0.25) is 5.95 Å². The highest BCUT2D eigenvalue weighted by molar-refractivity contribution is 5.85. The molecule has 2 aliphatic rings. The van der Waals surface area contributed by atoms with Gasteiger partial charge in [0.1, 0.15) is 5.82 Å². The number of rotatable bonds is 8. The first-order valence-corrected chi connectivity index (χ1v) is 12.3. The van der Waals surface area contributed by atoms with Crippen molar-refractivity contribution in [1.82, 2.24) is 29.1 Å². The van der Waals surface area contributed by atoms with Crippen LogP contribution in [-0.4, -0.2) is 74.8 Å². The minimum absolute atomic E-state index is 0.283. The Bertz CT molecular complexity index is 1320. The molecule has 1 N–H and O–H groups in total. The topological polar surface area (TPSA) is 101 Å². The second-order valence-electron chi connectivity index (χ2n) is 9.38. The molecule has 0 spiro atoms. The molecule has 1 aliphatic heterocycles. The second-order valence-corrected chi connectivity index (χ2v) is 9.38. The maximum atomic E-state index is 5.76. The number of pyridine rings is 1. The van der Waals surface area contributed by atoms with Gasteiger partial charge in [-0.15, -0.1) is 5.10 Å². The Hall–Kier alpha value is -3.08. The van der Waals surface area contributed by atoms with Gasteiger partial charge in [0.25, 0.3) is 0 Å². The highest BCUT2D eigenvalue weighted by Gasteiger charge is 2.30. The molecule has 1 aliphatic carbocycles. The van der Waals surface area contributed by atoms with Crippen LogP contribution in [0.5, 0.6) is 0 Å². The fourth-order valence-electron chi connectivity index (χ4n) is 5.15. The van der Waals surface area contributed by atoms with Gasteiger partial charge in [0, 0.05) is 55.9 Å². The van der Waals surface area contributed by atoms with Crippen LogP contribution in [0, 0.1) is 6.92 Å². The monoisotopic (exact) mass is 477 g/mol. The Morgan fingerprint density at radius 3 is 2.80 bits per heavy atom. The zero-order valence-corrected chi connectivity index (χ0v) is 20.2. The molecule has 4 aromatic rings. The van der Waals surface area contributed by atoms with E-state index in [1.54, 1.807) is 7.11 Å². The highest BCUT2D eigenvalue weighted by atomic mass is 16.5. The molecule has 10 heteroatoms. The second kappa shape index (κ2) is 9.52. The summed E-state index contributed by atoms with van der Waals surface area (Å²) in [4.78, 5) is 14.0. The van der Waals surface area contributed by atoms with E-state index in [1.165, 1.54) is 0 Å². The minimum atomic E-state index is 0.283. The van der Waals surface area contributed by atoms with Gasteiger partial charge < -0.3 is 24.1 Å². The Morgan fingerprint density at radius 1 is 1.11 bits per heavy atom. The summed E-state index contributed by atoms with van der Waals surface area (Å²) in [6.45, 7) is 4.90. The Balaban J connectivity index is 1.21. The summed E-state index contributed by atoms with van der Waals surface area (Å²) in [5.41, 5.74) is 4.89. The van der Waals surface area contributed by atoms with E-state index < -0.39 is 0 Å². The third kappa shape index (κ3) is 4.37. The third-order valence-corrected chi connectivity index (χ3v) is 7.08. The summed E-state index contributed by atoms with van der Waals surface area (Å²) < 4.78 is 20.6. The predicted molar refractivity (Wildman–Crippen MR) is 132 cm³/mol. The molecule has 4 aromatic heterocycles. The molecule has 184 valence electrons. The van der Waals surface area contributed by atoms with E-state index in [-0.39, 0.29) is 6.10 Å². The van der Waals surface area contributed by atoms with Gasteiger partial charge in [-0.3, -0.25) is 0 Å². The standard InChI is InChI=1S/C25H31N7O3/c1-16-28-24-22(32(16)19-4-7-34-8-5-19)11-17(14-26-24)21-3-6-31-23(21)15-27-25(30-31)29-18-12-20(13-18)35-10-9-33-2/h3,6,11,14-15,18-20H,4-5,7-10,12-13H2,1-2H3,(H,29,30)/t18-,20+. The molecular formula is C25H31N7O3. The van der Waals surface area contributed by atoms with E-state index in [0.717, 1.165) is 72.5 Å². The number of aryl methyl sites for hydroxylation is 1. The van der Waals surface area contributed by atoms with E-state index in [2.05, 4.69) is 44.0 Å². The Morgan fingerprint density at radius 2 is 1.97 bits per heavy atom. The average Bonchev–Trinajstić information content (AvgIpc) is 3.42. The molecule has 35 heavy (non-hydrogen) atoms. The van der Waals surface area contributed by atoms with Crippen LogP contribution >= 0.6 is 0 Å². The molecular weight excluding hydrogens is 446 g/mol. The molecule has 6 rings (SSSR count). The summed E-state index contributed by atoms with van der Waals surface area (Å²) in [5.74, 6) is 1.63. The number of fused-ring (bicyclic) bond motifs is 2. The van der Waals surface area contributed by atoms with Crippen LogP contribution in [-0.2, 0) is 14.2 Å². The third-order valence-electron chi connectivity index (χ3n) is 7.08. The molecule has 1 saturated heterocycles. The van der Waals surface area contributed by atoms with Gasteiger partial charge in [-0.2, -0.15) is 0 Å². The van der Waals surface area contributed by atoms with Gasteiger partial charge in [0.15, 0.2) is 5.65 Å². The predicted octanol–water partition coefficient (Wildman–Crippen LogP) is 3.41. The van der Waals surface area contributed by atoms with Crippen molar-refractivity contribution >= 4 is 22.6 Å². The number of aromatic nitrogens is 6. The number of methoxy groups -OCH3 is 1. The van der Waals surface area contributed by atoms with Gasteiger partial charge >= 0.3 is 0 Å². The number of nitrogens with one attached hydrogen (secondary N) is 1. The maximum absolute atomic E-state index is 5.76. The number of imidazole rings is 1. The normalized spacial score (nSPS) is 21.0. The molecule has 2 fully saturated rings. The van der Waals surface area contributed by atoms with Crippen LogP contribution in [0.15, 0.2) is 30.7 Å². The van der Waals surface area contributed by atoms with Crippen LogP contribution < -0.4 is 5.32 Å². The minimum Gasteiger partial charge on any atom is -0.382 e. The van der Waals surface area contributed by atoms with E-state index in [1.807, 2.05) is 23.1 Å². The largest absolute Gasteiger partial charge is 0.382 e. The van der Waals surface area contributed by atoms with Crippen LogP contribution in [0.2, 0.25) is 0 Å². The van der Waals surface area contributed by atoms with Crippen LogP contribution in [0.3, 0.4) is 0 Å². The molecule has 10 nitrogen and oxygen atoms in total. The molecule has 1 saturated carbocycles. The molecule has 0 atom stereocenters. The lowest BCUT2D eigenvalue weighted by Crippen LogP contribution is -2.41. The summed E-state index contributed by atoms with van der Waals surface area (Å²) >= 11 is 0. The lowest BCUT2D eigenvalue weighted by atomic mass is 9.89. The molecule has 0 amide bonds. The van der Waals surface area contributed by atoms with E-state index in [9.17, 15) is 0 Å². The summed E-state index contributed by atoms with van der Waals surface area (Å²) in [6, 6.07) is 4.99. The van der Waals surface area contributed by atoms with Crippen LogP contribution in [0.1, 0.15) is 37.5 Å². The number of anilines is 1. The average molecular weight is 478 g/mol. The zero-order chi connectivity index (χ0) is 23.8.